The molecule has 0 radical (unpaired) electrons. The summed E-state index contributed by atoms with van der Waals surface area (Å²) in [6.45, 7) is 0.405. The van der Waals surface area contributed by atoms with Gasteiger partial charge in [-0.3, -0.25) is 9.63 Å². The Morgan fingerprint density at radius 1 is 1.19 bits per heavy atom. The molecule has 0 aliphatic heterocycles. The number of halogens is 3. The summed E-state index contributed by atoms with van der Waals surface area (Å²) in [6, 6.07) is 8.11. The molecule has 0 saturated heterocycles. The van der Waals surface area contributed by atoms with Crippen molar-refractivity contribution in [1.82, 2.24) is 5.48 Å². The molecule has 26 heavy (non-hydrogen) atoms. The number of aliphatic hydroxyl groups is 1. The van der Waals surface area contributed by atoms with Crippen LogP contribution in [0.3, 0.4) is 0 Å². The number of carbonyl (C=O) groups excluding carboxylic acids is 1. The number of hydroxylamine groups is 1. The van der Waals surface area contributed by atoms with Crippen LogP contribution in [0.1, 0.15) is 16.8 Å². The summed E-state index contributed by atoms with van der Waals surface area (Å²) in [5.41, 5.74) is 2.69. The topological polar surface area (TPSA) is 70.6 Å². The van der Waals surface area contributed by atoms with Gasteiger partial charge in [0, 0.05) is 10.2 Å². The first kappa shape index (κ1) is 19.0. The summed E-state index contributed by atoms with van der Waals surface area (Å²) >= 11 is 1.98. The molecule has 8 heteroatoms. The number of rotatable bonds is 7. The molecule has 3 rings (SSSR count). The number of aliphatic hydroxyl groups excluding tert-OH is 1. The summed E-state index contributed by atoms with van der Waals surface area (Å²) in [4.78, 5) is 17.5. The van der Waals surface area contributed by atoms with Crippen molar-refractivity contribution >= 4 is 39.9 Å². The molecular formula is C18H17F2IN2O3. The van der Waals surface area contributed by atoms with E-state index in [1.165, 1.54) is 18.2 Å². The molecule has 0 heterocycles. The maximum atomic E-state index is 14.0. The van der Waals surface area contributed by atoms with E-state index in [1.807, 2.05) is 22.6 Å². The minimum atomic E-state index is -0.570. The molecule has 2 atom stereocenters. The van der Waals surface area contributed by atoms with Gasteiger partial charge in [-0.15, -0.1) is 0 Å². The molecule has 2 unspecified atom stereocenters. The van der Waals surface area contributed by atoms with Crippen LogP contribution in [0.25, 0.3) is 0 Å². The fourth-order valence-corrected chi connectivity index (χ4v) is 3.01. The van der Waals surface area contributed by atoms with Crippen LogP contribution in [0.15, 0.2) is 36.4 Å². The monoisotopic (exact) mass is 474 g/mol. The van der Waals surface area contributed by atoms with Gasteiger partial charge in [-0.1, -0.05) is 0 Å². The number of carbonyl (C=O) groups is 1. The van der Waals surface area contributed by atoms with Crippen LogP contribution >= 0.6 is 22.6 Å². The van der Waals surface area contributed by atoms with E-state index in [0.29, 0.717) is 6.61 Å². The van der Waals surface area contributed by atoms with Crippen molar-refractivity contribution in [1.29, 1.82) is 0 Å². The van der Waals surface area contributed by atoms with E-state index in [9.17, 15) is 13.6 Å². The average molecular weight is 474 g/mol. The molecule has 0 spiro atoms. The van der Waals surface area contributed by atoms with Crippen LogP contribution in [-0.4, -0.2) is 24.2 Å². The highest BCUT2D eigenvalue weighted by Crippen LogP contribution is 2.37. The molecule has 1 aliphatic rings. The molecule has 138 valence electrons. The molecule has 2 aromatic rings. The van der Waals surface area contributed by atoms with Crippen LogP contribution in [-0.2, 0) is 4.84 Å². The number of hydrogen-bond donors (Lipinski definition) is 3. The first-order valence-electron chi connectivity index (χ1n) is 8.02. The van der Waals surface area contributed by atoms with Gasteiger partial charge in [-0.25, -0.2) is 14.3 Å². The predicted octanol–water partition coefficient (Wildman–Crippen LogP) is 3.60. The largest absolute Gasteiger partial charge is 0.396 e. The number of benzene rings is 2. The van der Waals surface area contributed by atoms with E-state index in [-0.39, 0.29) is 35.4 Å². The fraction of sp³-hybridized carbons (Fsp3) is 0.278. The third-order valence-electron chi connectivity index (χ3n) is 4.19. The van der Waals surface area contributed by atoms with Crippen LogP contribution in [0.4, 0.5) is 20.2 Å². The molecule has 0 bridgehead atoms. The average Bonchev–Trinajstić information content (AvgIpc) is 3.36. The van der Waals surface area contributed by atoms with Crippen molar-refractivity contribution in [3.8, 4) is 0 Å². The van der Waals surface area contributed by atoms with Crippen LogP contribution in [0.2, 0.25) is 0 Å². The molecule has 1 fully saturated rings. The maximum absolute atomic E-state index is 14.0. The lowest BCUT2D eigenvalue weighted by molar-refractivity contribution is 0.0248. The van der Waals surface area contributed by atoms with E-state index in [0.717, 1.165) is 22.1 Å². The smallest absolute Gasteiger partial charge is 0.276 e. The van der Waals surface area contributed by atoms with Crippen molar-refractivity contribution in [2.75, 3.05) is 18.5 Å². The summed E-state index contributed by atoms with van der Waals surface area (Å²) in [7, 11) is 0. The highest BCUT2D eigenvalue weighted by atomic mass is 127. The molecule has 3 N–H and O–H groups in total. The Labute approximate surface area is 162 Å². The van der Waals surface area contributed by atoms with Crippen LogP contribution < -0.4 is 10.8 Å². The first-order chi connectivity index (χ1) is 12.5. The summed E-state index contributed by atoms with van der Waals surface area (Å²) < 4.78 is 28.4. The predicted molar refractivity (Wildman–Crippen MR) is 101 cm³/mol. The minimum Gasteiger partial charge on any atom is -0.396 e. The zero-order valence-electron chi connectivity index (χ0n) is 13.6. The number of hydrogen-bond acceptors (Lipinski definition) is 4. The molecule has 1 amide bonds. The maximum Gasteiger partial charge on any atom is 0.276 e. The lowest BCUT2D eigenvalue weighted by atomic mass is 10.1. The normalized spacial score (nSPS) is 18.5. The second kappa shape index (κ2) is 8.28. The van der Waals surface area contributed by atoms with E-state index in [2.05, 4.69) is 10.8 Å². The standard InChI is InChI=1S/C18H17F2IN2O3/c19-12-1-3-14(18(25)23-26-9-11-5-10(11)8-24)17(6-12)22-16-4-2-13(21)7-15(16)20/h1-4,6-7,10-11,22,24H,5,8-9H2,(H,23,25). The van der Waals surface area contributed by atoms with E-state index >= 15 is 0 Å². The Balaban J connectivity index is 1.69. The number of nitrogens with one attached hydrogen (secondary N) is 2. The zero-order chi connectivity index (χ0) is 18.7. The highest BCUT2D eigenvalue weighted by Gasteiger charge is 2.36. The minimum absolute atomic E-state index is 0.107. The Morgan fingerprint density at radius 2 is 2.00 bits per heavy atom. The van der Waals surface area contributed by atoms with Gasteiger partial charge >= 0.3 is 0 Å². The Bertz CT molecular complexity index is 819. The number of anilines is 2. The summed E-state index contributed by atoms with van der Waals surface area (Å²) in [5.74, 6) is -1.18. The van der Waals surface area contributed by atoms with E-state index in [4.69, 9.17) is 9.94 Å². The van der Waals surface area contributed by atoms with Gasteiger partial charge in [-0.05, 0) is 77.2 Å². The van der Waals surface area contributed by atoms with E-state index < -0.39 is 17.5 Å². The van der Waals surface area contributed by atoms with Gasteiger partial charge in [0.1, 0.15) is 11.6 Å². The van der Waals surface area contributed by atoms with Crippen LogP contribution in [0.5, 0.6) is 0 Å². The Kier molecular flexibility index (Phi) is 6.05. The van der Waals surface area contributed by atoms with Gasteiger partial charge < -0.3 is 10.4 Å². The fourth-order valence-electron chi connectivity index (χ4n) is 2.56. The van der Waals surface area contributed by atoms with Crippen molar-refractivity contribution < 1.29 is 23.5 Å². The summed E-state index contributed by atoms with van der Waals surface area (Å²) in [5, 5.41) is 11.7. The zero-order valence-corrected chi connectivity index (χ0v) is 15.8. The molecule has 2 aromatic carbocycles. The first-order valence-corrected chi connectivity index (χ1v) is 9.10. The lowest BCUT2D eigenvalue weighted by Gasteiger charge is -2.13. The third-order valence-corrected chi connectivity index (χ3v) is 4.86. The van der Waals surface area contributed by atoms with Crippen LogP contribution in [0, 0.1) is 27.0 Å². The number of amides is 1. The van der Waals surface area contributed by atoms with Crippen molar-refractivity contribution in [3.05, 3.63) is 57.2 Å². The second-order valence-corrected chi connectivity index (χ2v) is 7.37. The third kappa shape index (κ3) is 4.68. The molecule has 5 nitrogen and oxygen atoms in total. The SMILES string of the molecule is O=C(NOCC1CC1CO)c1ccc(F)cc1Nc1ccc(I)cc1F. The highest BCUT2D eigenvalue weighted by molar-refractivity contribution is 14.1. The van der Waals surface area contributed by atoms with Gasteiger partial charge in [0.2, 0.25) is 0 Å². The molecule has 1 saturated carbocycles. The van der Waals surface area contributed by atoms with Crippen molar-refractivity contribution in [2.45, 2.75) is 6.42 Å². The molecule has 0 aromatic heterocycles. The van der Waals surface area contributed by atoms with Crippen molar-refractivity contribution in [3.63, 3.8) is 0 Å². The van der Waals surface area contributed by atoms with Gasteiger partial charge in [-0.2, -0.15) is 0 Å². The van der Waals surface area contributed by atoms with Gasteiger partial charge in [0.15, 0.2) is 0 Å². The molecule has 1 aliphatic carbocycles. The van der Waals surface area contributed by atoms with Crippen molar-refractivity contribution in [2.24, 2.45) is 11.8 Å². The lowest BCUT2D eigenvalue weighted by Crippen LogP contribution is -2.25. The Morgan fingerprint density at radius 3 is 2.69 bits per heavy atom. The second-order valence-electron chi connectivity index (χ2n) is 6.12. The summed E-state index contributed by atoms with van der Waals surface area (Å²) in [6.07, 6.45) is 0.863. The molecular weight excluding hydrogens is 457 g/mol. The Hall–Kier alpha value is -1.78. The van der Waals surface area contributed by atoms with Gasteiger partial charge in [0.25, 0.3) is 5.91 Å². The quantitative estimate of drug-likeness (QED) is 0.424. The van der Waals surface area contributed by atoms with E-state index in [1.54, 1.807) is 6.07 Å². The van der Waals surface area contributed by atoms with Gasteiger partial charge in [0.05, 0.1) is 23.5 Å².